The zero-order chi connectivity index (χ0) is 28.2. The van der Waals surface area contributed by atoms with Gasteiger partial charge < -0.3 is 0 Å². The van der Waals surface area contributed by atoms with Gasteiger partial charge in [-0.05, 0) is 92.5 Å². The van der Waals surface area contributed by atoms with Crippen LogP contribution in [0, 0.1) is 13.8 Å². The molecule has 0 saturated carbocycles. The van der Waals surface area contributed by atoms with Crippen molar-refractivity contribution in [3.63, 3.8) is 0 Å². The van der Waals surface area contributed by atoms with E-state index in [1.54, 1.807) is 0 Å². The minimum atomic E-state index is 0.962. The summed E-state index contributed by atoms with van der Waals surface area (Å²) in [5.41, 5.74) is 11.5. The molecule has 0 saturated heterocycles. The van der Waals surface area contributed by atoms with Gasteiger partial charge in [0.1, 0.15) is 0 Å². The monoisotopic (exact) mass is 536 g/mol. The molecule has 2 aromatic heterocycles. The second-order valence-corrected chi connectivity index (χ2v) is 11.1. The summed E-state index contributed by atoms with van der Waals surface area (Å²) in [6.45, 7) is 4.23. The van der Waals surface area contributed by atoms with Crippen molar-refractivity contribution >= 4 is 43.4 Å². The van der Waals surface area contributed by atoms with Gasteiger partial charge in [0.2, 0.25) is 0 Å². The molecule has 8 aromatic rings. The summed E-state index contributed by atoms with van der Waals surface area (Å²) in [5.74, 6) is 0. The minimum absolute atomic E-state index is 0.962. The first kappa shape index (κ1) is 24.5. The molecule has 0 spiro atoms. The van der Waals surface area contributed by atoms with E-state index in [1.165, 1.54) is 60.5 Å². The molecular weight excluding hydrogens is 508 g/mol. The Labute approximate surface area is 244 Å². The quantitative estimate of drug-likeness (QED) is 0.166. The van der Waals surface area contributed by atoms with E-state index in [0.29, 0.717) is 0 Å². The fourth-order valence-electron chi connectivity index (χ4n) is 6.63. The maximum Gasteiger partial charge on any atom is 0.0974 e. The maximum absolute atomic E-state index is 4.94. The first-order chi connectivity index (χ1) is 20.7. The van der Waals surface area contributed by atoms with Gasteiger partial charge in [0.25, 0.3) is 0 Å². The zero-order valence-electron chi connectivity index (χ0n) is 23.6. The number of hydrogen-bond donors (Lipinski definition) is 0. The van der Waals surface area contributed by atoms with Gasteiger partial charge >= 0.3 is 0 Å². The first-order valence-corrected chi connectivity index (χ1v) is 14.4. The average Bonchev–Trinajstić information content (AvgIpc) is 3.04. The van der Waals surface area contributed by atoms with Crippen LogP contribution in [0.2, 0.25) is 0 Å². The number of hydrogen-bond acceptors (Lipinski definition) is 2. The molecule has 0 N–H and O–H groups in total. The summed E-state index contributed by atoms with van der Waals surface area (Å²) < 4.78 is 0. The molecule has 0 amide bonds. The molecule has 42 heavy (non-hydrogen) atoms. The number of aromatic nitrogens is 2. The van der Waals surface area contributed by atoms with Crippen molar-refractivity contribution in [1.29, 1.82) is 0 Å². The lowest BCUT2D eigenvalue weighted by Gasteiger charge is -2.18. The van der Waals surface area contributed by atoms with Gasteiger partial charge in [-0.15, -0.1) is 0 Å². The summed E-state index contributed by atoms with van der Waals surface area (Å²) in [5, 5.41) is 7.36. The maximum atomic E-state index is 4.94. The summed E-state index contributed by atoms with van der Waals surface area (Å²) >= 11 is 0. The van der Waals surface area contributed by atoms with E-state index in [2.05, 4.69) is 135 Å². The van der Waals surface area contributed by atoms with Gasteiger partial charge in [-0.1, -0.05) is 109 Å². The minimum Gasteiger partial charge on any atom is -0.254 e. The van der Waals surface area contributed by atoms with Crippen LogP contribution in [0.3, 0.4) is 0 Å². The lowest BCUT2D eigenvalue weighted by molar-refractivity contribution is 1.25. The molecule has 198 valence electrons. The van der Waals surface area contributed by atoms with E-state index < -0.39 is 0 Å². The molecule has 0 unspecified atom stereocenters. The average molecular weight is 537 g/mol. The van der Waals surface area contributed by atoms with Crippen LogP contribution in [0.15, 0.2) is 134 Å². The van der Waals surface area contributed by atoms with Crippen molar-refractivity contribution in [2.75, 3.05) is 0 Å². The predicted molar refractivity (Wildman–Crippen MR) is 178 cm³/mol. The standard InChI is InChI=1S/C40H28N2/c1-25-23-36-35(24-26(2)42-40(36)39-30(25)17-10-22-41-39)27-18-20-29(21-19-27)38-33-15-8-6-13-31(33)37(28-11-4-3-5-12-28)32-14-7-9-16-34(32)38/h3-24H,1-2H3. The Morgan fingerprint density at radius 2 is 0.952 bits per heavy atom. The van der Waals surface area contributed by atoms with E-state index in [0.717, 1.165) is 27.5 Å². The Kier molecular flexibility index (Phi) is 5.61. The Morgan fingerprint density at radius 3 is 1.57 bits per heavy atom. The first-order valence-electron chi connectivity index (χ1n) is 14.4. The number of aryl methyl sites for hydroxylation is 2. The van der Waals surface area contributed by atoms with Gasteiger partial charge in [0.15, 0.2) is 0 Å². The van der Waals surface area contributed by atoms with Crippen LogP contribution in [0.25, 0.3) is 76.7 Å². The van der Waals surface area contributed by atoms with Crippen LogP contribution < -0.4 is 0 Å². The van der Waals surface area contributed by atoms with Crippen LogP contribution in [-0.2, 0) is 0 Å². The van der Waals surface area contributed by atoms with Crippen molar-refractivity contribution in [1.82, 2.24) is 9.97 Å². The molecule has 2 nitrogen and oxygen atoms in total. The Balaban J connectivity index is 1.35. The third kappa shape index (κ3) is 3.80. The summed E-state index contributed by atoms with van der Waals surface area (Å²) in [7, 11) is 0. The highest BCUT2D eigenvalue weighted by Crippen LogP contribution is 2.44. The number of nitrogens with zero attached hydrogens (tertiary/aromatic N) is 2. The molecule has 0 aliphatic heterocycles. The Bertz CT molecular complexity index is 2240. The van der Waals surface area contributed by atoms with Crippen LogP contribution in [0.1, 0.15) is 11.3 Å². The van der Waals surface area contributed by atoms with Crippen LogP contribution in [-0.4, -0.2) is 9.97 Å². The van der Waals surface area contributed by atoms with Gasteiger partial charge in [-0.2, -0.15) is 0 Å². The molecule has 0 aliphatic carbocycles. The number of benzene rings is 6. The second kappa shape index (κ2) is 9.64. The SMILES string of the molecule is Cc1cc(-c2ccc(-c3c4ccccc4c(-c4ccccc4)c4ccccc34)cc2)c2cc(C)c3cccnc3c2n1. The zero-order valence-corrected chi connectivity index (χ0v) is 23.6. The summed E-state index contributed by atoms with van der Waals surface area (Å²) in [6, 6.07) is 46.0. The third-order valence-electron chi connectivity index (χ3n) is 8.48. The summed E-state index contributed by atoms with van der Waals surface area (Å²) in [4.78, 5) is 9.66. The van der Waals surface area contributed by atoms with Gasteiger partial charge in [0, 0.05) is 22.7 Å². The molecule has 8 rings (SSSR count). The predicted octanol–water partition coefficient (Wildman–Crippen LogP) is 10.7. The lowest BCUT2D eigenvalue weighted by atomic mass is 9.85. The van der Waals surface area contributed by atoms with E-state index in [4.69, 9.17) is 9.97 Å². The molecule has 2 heteroatoms. The molecule has 0 radical (unpaired) electrons. The second-order valence-electron chi connectivity index (χ2n) is 11.1. The highest BCUT2D eigenvalue weighted by atomic mass is 14.7. The molecule has 6 aromatic carbocycles. The number of pyridine rings is 2. The molecular formula is C40H28N2. The highest BCUT2D eigenvalue weighted by Gasteiger charge is 2.17. The van der Waals surface area contributed by atoms with Crippen molar-refractivity contribution in [2.24, 2.45) is 0 Å². The Morgan fingerprint density at radius 1 is 0.429 bits per heavy atom. The highest BCUT2D eigenvalue weighted by molar-refractivity contribution is 6.21. The van der Waals surface area contributed by atoms with Gasteiger partial charge in [-0.25, -0.2) is 0 Å². The van der Waals surface area contributed by atoms with Gasteiger partial charge in [0.05, 0.1) is 11.0 Å². The molecule has 2 heterocycles. The largest absolute Gasteiger partial charge is 0.254 e. The normalized spacial score (nSPS) is 11.6. The van der Waals surface area contributed by atoms with Crippen LogP contribution in [0.4, 0.5) is 0 Å². The molecule has 0 aliphatic rings. The third-order valence-corrected chi connectivity index (χ3v) is 8.48. The van der Waals surface area contributed by atoms with E-state index in [-0.39, 0.29) is 0 Å². The summed E-state index contributed by atoms with van der Waals surface area (Å²) in [6.07, 6.45) is 1.86. The fraction of sp³-hybridized carbons (Fsp3) is 0.0500. The molecule has 0 fully saturated rings. The topological polar surface area (TPSA) is 25.8 Å². The number of rotatable bonds is 3. The van der Waals surface area contributed by atoms with Crippen LogP contribution in [0.5, 0.6) is 0 Å². The van der Waals surface area contributed by atoms with E-state index in [1.807, 2.05) is 12.3 Å². The van der Waals surface area contributed by atoms with E-state index >= 15 is 0 Å². The smallest absolute Gasteiger partial charge is 0.0974 e. The Hall–Kier alpha value is -5.34. The van der Waals surface area contributed by atoms with Crippen molar-refractivity contribution in [2.45, 2.75) is 13.8 Å². The number of fused-ring (bicyclic) bond motifs is 5. The van der Waals surface area contributed by atoms with E-state index in [9.17, 15) is 0 Å². The van der Waals surface area contributed by atoms with Crippen LogP contribution >= 0.6 is 0 Å². The lowest BCUT2D eigenvalue weighted by Crippen LogP contribution is -1.93. The van der Waals surface area contributed by atoms with Gasteiger partial charge in [-0.3, -0.25) is 9.97 Å². The molecule has 0 atom stereocenters. The molecule has 0 bridgehead atoms. The van der Waals surface area contributed by atoms with Crippen molar-refractivity contribution in [3.05, 3.63) is 145 Å². The fourth-order valence-corrected chi connectivity index (χ4v) is 6.63. The van der Waals surface area contributed by atoms with Crippen molar-refractivity contribution in [3.8, 4) is 33.4 Å². The van der Waals surface area contributed by atoms with Crippen molar-refractivity contribution < 1.29 is 0 Å².